The molecule has 1 aliphatic heterocycles. The molecule has 1 aliphatic carbocycles. The second kappa shape index (κ2) is 6.47. The summed E-state index contributed by atoms with van der Waals surface area (Å²) in [6, 6.07) is -0.0530. The smallest absolute Gasteiger partial charge is 0.273 e. The summed E-state index contributed by atoms with van der Waals surface area (Å²) in [5.41, 5.74) is -0.167. The summed E-state index contributed by atoms with van der Waals surface area (Å²) in [4.78, 5) is 35.1. The van der Waals surface area contributed by atoms with Gasteiger partial charge in [0, 0.05) is 25.0 Å². The van der Waals surface area contributed by atoms with Crippen molar-refractivity contribution in [2.24, 2.45) is 11.8 Å². The molecule has 9 nitrogen and oxygen atoms in total. The number of carbonyl (C=O) groups excluding carboxylic acids is 2. The van der Waals surface area contributed by atoms with Gasteiger partial charge in [0.25, 0.3) is 5.91 Å². The van der Waals surface area contributed by atoms with Crippen molar-refractivity contribution in [3.8, 4) is 0 Å². The Morgan fingerprint density at radius 2 is 2.22 bits per heavy atom. The standard InChI is InChI=1S/C18H23N5O4/c1-10(2)16(25)23-6-12-4-13(21-15(24)14-7-26-9-19-14)5-18(12,8-23)17-20-11(3)22-27-17/h7,9-10,12-13H,4-6,8H2,1-3H3,(H,21,24)/t12?,13-,18+/m1/s1. The van der Waals surface area contributed by atoms with Crippen LogP contribution in [0.5, 0.6) is 0 Å². The van der Waals surface area contributed by atoms with Gasteiger partial charge in [-0.05, 0) is 25.7 Å². The summed E-state index contributed by atoms with van der Waals surface area (Å²) in [5, 5.41) is 6.97. The van der Waals surface area contributed by atoms with Crippen LogP contribution >= 0.6 is 0 Å². The molecule has 27 heavy (non-hydrogen) atoms. The van der Waals surface area contributed by atoms with Gasteiger partial charge < -0.3 is 19.2 Å². The molecule has 9 heteroatoms. The van der Waals surface area contributed by atoms with Crippen molar-refractivity contribution in [2.75, 3.05) is 13.1 Å². The van der Waals surface area contributed by atoms with Crippen LogP contribution in [0.3, 0.4) is 0 Å². The van der Waals surface area contributed by atoms with E-state index in [1.165, 1.54) is 12.7 Å². The number of oxazole rings is 1. The zero-order chi connectivity index (χ0) is 19.2. The first kappa shape index (κ1) is 17.7. The number of nitrogens with zero attached hydrogens (tertiary/aromatic N) is 4. The lowest BCUT2D eigenvalue weighted by atomic mass is 9.80. The van der Waals surface area contributed by atoms with E-state index in [0.717, 1.165) is 6.42 Å². The third-order valence-electron chi connectivity index (χ3n) is 5.63. The lowest BCUT2D eigenvalue weighted by Gasteiger charge is -2.26. The summed E-state index contributed by atoms with van der Waals surface area (Å²) in [5.74, 6) is 1.09. The number of hydrogen-bond donors (Lipinski definition) is 1. The molecule has 1 unspecified atom stereocenters. The highest BCUT2D eigenvalue weighted by Crippen LogP contribution is 2.50. The summed E-state index contributed by atoms with van der Waals surface area (Å²) < 4.78 is 10.4. The van der Waals surface area contributed by atoms with E-state index in [1.807, 2.05) is 18.7 Å². The number of nitrogens with one attached hydrogen (secondary N) is 1. The Bertz CT molecular complexity index is 846. The fraction of sp³-hybridized carbons (Fsp3) is 0.611. The summed E-state index contributed by atoms with van der Waals surface area (Å²) in [6.07, 6.45) is 3.94. The summed E-state index contributed by atoms with van der Waals surface area (Å²) >= 11 is 0. The van der Waals surface area contributed by atoms with Crippen molar-refractivity contribution in [3.05, 3.63) is 30.1 Å². The van der Waals surface area contributed by atoms with E-state index >= 15 is 0 Å². The minimum absolute atomic E-state index is 0.0530. The highest BCUT2D eigenvalue weighted by molar-refractivity contribution is 5.92. The van der Waals surface area contributed by atoms with Gasteiger partial charge in [-0.1, -0.05) is 19.0 Å². The van der Waals surface area contributed by atoms with Crippen molar-refractivity contribution in [1.29, 1.82) is 0 Å². The predicted molar refractivity (Wildman–Crippen MR) is 92.6 cm³/mol. The molecule has 3 heterocycles. The number of likely N-dealkylation sites (tertiary alicyclic amines) is 1. The van der Waals surface area contributed by atoms with Gasteiger partial charge >= 0.3 is 0 Å². The maximum absolute atomic E-state index is 12.5. The SMILES string of the molecule is Cc1noc([C@]23C[C@H](NC(=O)c4cocn4)CC2CN(C(=O)C(C)C)C3)n1. The van der Waals surface area contributed by atoms with Crippen LogP contribution in [0.4, 0.5) is 0 Å². The molecule has 2 aliphatic rings. The molecule has 1 N–H and O–H groups in total. The van der Waals surface area contributed by atoms with E-state index < -0.39 is 5.41 Å². The zero-order valence-electron chi connectivity index (χ0n) is 15.6. The maximum atomic E-state index is 12.5. The number of carbonyl (C=O) groups is 2. The molecule has 2 amide bonds. The number of hydrogen-bond acceptors (Lipinski definition) is 7. The number of amides is 2. The molecule has 4 rings (SSSR count). The third-order valence-corrected chi connectivity index (χ3v) is 5.63. The van der Waals surface area contributed by atoms with Crippen LogP contribution in [0.15, 0.2) is 21.6 Å². The van der Waals surface area contributed by atoms with Crippen molar-refractivity contribution in [3.63, 3.8) is 0 Å². The molecule has 0 aromatic carbocycles. The van der Waals surface area contributed by atoms with Crippen molar-refractivity contribution < 1.29 is 18.5 Å². The Hall–Kier alpha value is -2.71. The van der Waals surface area contributed by atoms with E-state index in [0.29, 0.717) is 31.2 Å². The molecule has 2 aromatic heterocycles. The highest BCUT2D eigenvalue weighted by Gasteiger charge is 2.58. The van der Waals surface area contributed by atoms with E-state index in [4.69, 9.17) is 8.94 Å². The fourth-order valence-electron chi connectivity index (χ4n) is 4.43. The van der Waals surface area contributed by atoms with E-state index in [-0.39, 0.29) is 35.4 Å². The predicted octanol–water partition coefficient (Wildman–Crippen LogP) is 1.31. The molecule has 0 spiro atoms. The normalized spacial score (nSPS) is 27.2. The van der Waals surface area contributed by atoms with Crippen LogP contribution in [0, 0.1) is 18.8 Å². The molecule has 0 radical (unpaired) electrons. The summed E-state index contributed by atoms with van der Waals surface area (Å²) in [7, 11) is 0. The van der Waals surface area contributed by atoms with Crippen LogP contribution in [0.1, 0.15) is 48.9 Å². The molecule has 2 fully saturated rings. The number of aromatic nitrogens is 3. The van der Waals surface area contributed by atoms with Gasteiger partial charge in [0.05, 0.1) is 5.41 Å². The van der Waals surface area contributed by atoms with Crippen molar-refractivity contribution in [1.82, 2.24) is 25.3 Å². The molecular weight excluding hydrogens is 350 g/mol. The minimum Gasteiger partial charge on any atom is -0.451 e. The molecule has 1 saturated heterocycles. The van der Waals surface area contributed by atoms with Crippen LogP contribution in [0.2, 0.25) is 0 Å². The van der Waals surface area contributed by atoms with Gasteiger partial charge in [-0.15, -0.1) is 0 Å². The van der Waals surface area contributed by atoms with Gasteiger partial charge in [-0.25, -0.2) is 4.98 Å². The quantitative estimate of drug-likeness (QED) is 0.859. The average Bonchev–Trinajstić information content (AvgIpc) is 3.36. The summed E-state index contributed by atoms with van der Waals surface area (Å²) in [6.45, 7) is 6.76. The van der Waals surface area contributed by atoms with Crippen molar-refractivity contribution in [2.45, 2.75) is 45.1 Å². The Labute approximate surface area is 156 Å². The average molecular weight is 373 g/mol. The largest absolute Gasteiger partial charge is 0.451 e. The lowest BCUT2D eigenvalue weighted by Crippen LogP contribution is -2.40. The van der Waals surface area contributed by atoms with Gasteiger partial charge in [0.15, 0.2) is 17.9 Å². The lowest BCUT2D eigenvalue weighted by molar-refractivity contribution is -0.133. The van der Waals surface area contributed by atoms with Gasteiger partial charge in [0.1, 0.15) is 6.26 Å². The number of rotatable bonds is 4. The molecule has 2 aromatic rings. The second-order valence-corrected chi connectivity index (χ2v) is 7.86. The first-order chi connectivity index (χ1) is 12.9. The Morgan fingerprint density at radius 3 is 2.85 bits per heavy atom. The van der Waals surface area contributed by atoms with Gasteiger partial charge in [0.2, 0.25) is 11.8 Å². The molecule has 0 bridgehead atoms. The van der Waals surface area contributed by atoms with Crippen LogP contribution in [-0.4, -0.2) is 51.0 Å². The van der Waals surface area contributed by atoms with E-state index in [2.05, 4.69) is 20.4 Å². The van der Waals surface area contributed by atoms with Crippen LogP contribution in [0.25, 0.3) is 0 Å². The molecule has 144 valence electrons. The maximum Gasteiger partial charge on any atom is 0.273 e. The molecular formula is C18H23N5O4. The first-order valence-electron chi connectivity index (χ1n) is 9.17. The van der Waals surface area contributed by atoms with E-state index in [1.54, 1.807) is 6.92 Å². The van der Waals surface area contributed by atoms with Crippen LogP contribution in [-0.2, 0) is 10.2 Å². The number of aryl methyl sites for hydroxylation is 1. The fourth-order valence-corrected chi connectivity index (χ4v) is 4.43. The Kier molecular flexibility index (Phi) is 4.24. The Morgan fingerprint density at radius 1 is 1.41 bits per heavy atom. The monoisotopic (exact) mass is 373 g/mol. The second-order valence-electron chi connectivity index (χ2n) is 7.86. The minimum atomic E-state index is -0.423. The van der Waals surface area contributed by atoms with Gasteiger partial charge in [-0.2, -0.15) is 4.98 Å². The zero-order valence-corrected chi connectivity index (χ0v) is 15.6. The van der Waals surface area contributed by atoms with Gasteiger partial charge in [-0.3, -0.25) is 9.59 Å². The van der Waals surface area contributed by atoms with E-state index in [9.17, 15) is 9.59 Å². The highest BCUT2D eigenvalue weighted by atomic mass is 16.5. The van der Waals surface area contributed by atoms with Crippen LogP contribution < -0.4 is 5.32 Å². The molecule has 1 saturated carbocycles. The first-order valence-corrected chi connectivity index (χ1v) is 9.17. The third kappa shape index (κ3) is 3.00. The number of fused-ring (bicyclic) bond motifs is 1. The topological polar surface area (TPSA) is 114 Å². The Balaban J connectivity index is 1.57. The van der Waals surface area contributed by atoms with Crippen molar-refractivity contribution >= 4 is 11.8 Å². The molecule has 3 atom stereocenters.